The molecule has 1 aromatic rings. The SMILES string of the molecule is C=C(C)c1cc(Br)c(Cl)cc1NC.CC. The van der Waals surface area contributed by atoms with Gasteiger partial charge in [0.05, 0.1) is 5.02 Å². The second kappa shape index (κ2) is 6.91. The number of benzene rings is 1. The Bertz CT molecular complexity index is 348. The molecule has 0 amide bonds. The third-order valence-corrected chi connectivity index (χ3v) is 2.99. The van der Waals surface area contributed by atoms with E-state index in [1.807, 2.05) is 40.0 Å². The first kappa shape index (κ1) is 14.5. The quantitative estimate of drug-likeness (QED) is 0.789. The predicted molar refractivity (Wildman–Crippen MR) is 74.8 cm³/mol. The molecule has 0 saturated heterocycles. The Labute approximate surface area is 106 Å². The molecule has 84 valence electrons. The van der Waals surface area contributed by atoms with E-state index in [2.05, 4.69) is 27.8 Å². The van der Waals surface area contributed by atoms with Gasteiger partial charge in [0, 0.05) is 22.8 Å². The van der Waals surface area contributed by atoms with Gasteiger partial charge in [-0.3, -0.25) is 0 Å². The zero-order chi connectivity index (χ0) is 12.0. The van der Waals surface area contributed by atoms with Gasteiger partial charge in [0.2, 0.25) is 0 Å². The standard InChI is InChI=1S/C10H11BrClN.C2H6/c1-6(2)7-4-8(11)9(12)5-10(7)13-3;1-2/h4-5,13H,1H2,2-3H3;1-2H3. The van der Waals surface area contributed by atoms with Crippen molar-refractivity contribution in [1.29, 1.82) is 0 Å². The van der Waals surface area contributed by atoms with E-state index in [1.54, 1.807) is 0 Å². The van der Waals surface area contributed by atoms with Crippen LogP contribution < -0.4 is 5.32 Å². The highest BCUT2D eigenvalue weighted by molar-refractivity contribution is 9.10. The predicted octanol–water partition coefficient (Wildman–Crippen LogP) is 5.20. The first-order chi connectivity index (χ1) is 7.06. The van der Waals surface area contributed by atoms with Crippen molar-refractivity contribution in [2.45, 2.75) is 20.8 Å². The summed E-state index contributed by atoms with van der Waals surface area (Å²) in [6.45, 7) is 9.87. The Kier molecular flexibility index (Phi) is 6.70. The molecule has 0 radical (unpaired) electrons. The number of hydrogen-bond donors (Lipinski definition) is 1. The molecular weight excluding hydrogens is 273 g/mol. The van der Waals surface area contributed by atoms with Gasteiger partial charge >= 0.3 is 0 Å². The second-order valence-corrected chi connectivity index (χ2v) is 4.10. The average Bonchev–Trinajstić information content (AvgIpc) is 2.24. The van der Waals surface area contributed by atoms with Crippen LogP contribution in [0.5, 0.6) is 0 Å². The number of hydrogen-bond acceptors (Lipinski definition) is 1. The molecule has 0 aliphatic carbocycles. The van der Waals surface area contributed by atoms with E-state index >= 15 is 0 Å². The smallest absolute Gasteiger partial charge is 0.0569 e. The molecule has 1 aromatic carbocycles. The summed E-state index contributed by atoms with van der Waals surface area (Å²) in [4.78, 5) is 0. The number of halogens is 2. The minimum absolute atomic E-state index is 0.703. The van der Waals surface area contributed by atoms with E-state index in [9.17, 15) is 0 Å². The average molecular weight is 291 g/mol. The lowest BCUT2D eigenvalue weighted by Crippen LogP contribution is -1.93. The summed E-state index contributed by atoms with van der Waals surface area (Å²) in [6, 6.07) is 3.85. The van der Waals surface area contributed by atoms with Crippen molar-refractivity contribution in [2.24, 2.45) is 0 Å². The lowest BCUT2D eigenvalue weighted by Gasteiger charge is -2.10. The molecule has 0 fully saturated rings. The Morgan fingerprint density at radius 2 is 1.93 bits per heavy atom. The van der Waals surface area contributed by atoms with E-state index in [0.717, 1.165) is 21.3 Å². The molecule has 0 unspecified atom stereocenters. The Hall–Kier alpha value is -0.470. The van der Waals surface area contributed by atoms with Crippen LogP contribution in [0.4, 0.5) is 5.69 Å². The number of nitrogens with one attached hydrogen (secondary N) is 1. The van der Waals surface area contributed by atoms with Crippen molar-refractivity contribution in [1.82, 2.24) is 0 Å². The van der Waals surface area contributed by atoms with Crippen LogP contribution >= 0.6 is 27.5 Å². The van der Waals surface area contributed by atoms with E-state index in [1.165, 1.54) is 0 Å². The molecule has 0 spiro atoms. The van der Waals surface area contributed by atoms with Crippen molar-refractivity contribution in [3.05, 3.63) is 33.8 Å². The molecule has 0 aliphatic heterocycles. The van der Waals surface area contributed by atoms with Crippen LogP contribution in [0, 0.1) is 0 Å². The normalized spacial score (nSPS) is 8.93. The highest BCUT2D eigenvalue weighted by Gasteiger charge is 2.05. The van der Waals surface area contributed by atoms with Crippen LogP contribution in [0.25, 0.3) is 5.57 Å². The van der Waals surface area contributed by atoms with Crippen molar-refractivity contribution in [3.63, 3.8) is 0 Å². The highest BCUT2D eigenvalue weighted by atomic mass is 79.9. The fourth-order valence-electron chi connectivity index (χ4n) is 1.11. The van der Waals surface area contributed by atoms with Gasteiger partial charge in [0.25, 0.3) is 0 Å². The van der Waals surface area contributed by atoms with E-state index < -0.39 is 0 Å². The van der Waals surface area contributed by atoms with Crippen LogP contribution in [0.15, 0.2) is 23.2 Å². The maximum atomic E-state index is 5.95. The summed E-state index contributed by atoms with van der Waals surface area (Å²) in [6.07, 6.45) is 0. The van der Waals surface area contributed by atoms with Gasteiger partial charge in [-0.2, -0.15) is 0 Å². The fraction of sp³-hybridized carbons (Fsp3) is 0.333. The maximum absolute atomic E-state index is 5.95. The third kappa shape index (κ3) is 3.88. The monoisotopic (exact) mass is 289 g/mol. The van der Waals surface area contributed by atoms with Gasteiger partial charge in [-0.15, -0.1) is 0 Å². The zero-order valence-corrected chi connectivity index (χ0v) is 12.0. The maximum Gasteiger partial charge on any atom is 0.0569 e. The topological polar surface area (TPSA) is 12.0 Å². The Balaban J connectivity index is 0.000000921. The third-order valence-electron chi connectivity index (χ3n) is 1.79. The summed E-state index contributed by atoms with van der Waals surface area (Å²) >= 11 is 9.33. The fourth-order valence-corrected chi connectivity index (χ4v) is 1.61. The summed E-state index contributed by atoms with van der Waals surface area (Å²) in [5, 5.41) is 3.78. The molecule has 0 heterocycles. The minimum Gasteiger partial charge on any atom is -0.388 e. The second-order valence-electron chi connectivity index (χ2n) is 2.84. The van der Waals surface area contributed by atoms with Crippen molar-refractivity contribution in [2.75, 3.05) is 12.4 Å². The molecule has 15 heavy (non-hydrogen) atoms. The molecule has 0 aromatic heterocycles. The van der Waals surface area contributed by atoms with E-state index in [-0.39, 0.29) is 0 Å². The summed E-state index contributed by atoms with van der Waals surface area (Å²) in [5.74, 6) is 0. The van der Waals surface area contributed by atoms with Crippen molar-refractivity contribution >= 4 is 38.8 Å². The minimum atomic E-state index is 0.703. The molecular formula is C12H17BrClN. The number of anilines is 1. The molecule has 1 nitrogen and oxygen atoms in total. The summed E-state index contributed by atoms with van der Waals surface area (Å²) < 4.78 is 0.895. The molecule has 0 bridgehead atoms. The van der Waals surface area contributed by atoms with E-state index in [0.29, 0.717) is 5.02 Å². The van der Waals surface area contributed by atoms with Crippen LogP contribution in [0.2, 0.25) is 5.02 Å². The van der Waals surface area contributed by atoms with Gasteiger partial charge in [-0.1, -0.05) is 32.0 Å². The van der Waals surface area contributed by atoms with Crippen LogP contribution in [-0.4, -0.2) is 7.05 Å². The van der Waals surface area contributed by atoms with Crippen molar-refractivity contribution < 1.29 is 0 Å². The number of rotatable bonds is 2. The lowest BCUT2D eigenvalue weighted by molar-refractivity contribution is 1.45. The van der Waals surface area contributed by atoms with Gasteiger partial charge < -0.3 is 5.32 Å². The summed E-state index contributed by atoms with van der Waals surface area (Å²) in [7, 11) is 1.87. The largest absolute Gasteiger partial charge is 0.388 e. The molecule has 0 atom stereocenters. The van der Waals surface area contributed by atoms with Crippen LogP contribution in [-0.2, 0) is 0 Å². The first-order valence-corrected chi connectivity index (χ1v) is 6.06. The molecule has 3 heteroatoms. The number of allylic oxidation sites excluding steroid dienone is 1. The molecule has 0 aliphatic rings. The van der Waals surface area contributed by atoms with E-state index in [4.69, 9.17) is 11.6 Å². The van der Waals surface area contributed by atoms with Gasteiger partial charge in [0.1, 0.15) is 0 Å². The Morgan fingerprint density at radius 3 is 2.33 bits per heavy atom. The van der Waals surface area contributed by atoms with Gasteiger partial charge in [-0.25, -0.2) is 0 Å². The summed E-state index contributed by atoms with van der Waals surface area (Å²) in [5.41, 5.74) is 3.10. The van der Waals surface area contributed by atoms with Crippen LogP contribution in [0.1, 0.15) is 26.3 Å². The van der Waals surface area contributed by atoms with Gasteiger partial charge in [0.15, 0.2) is 0 Å². The zero-order valence-electron chi connectivity index (χ0n) is 9.62. The van der Waals surface area contributed by atoms with Gasteiger partial charge in [-0.05, 0) is 40.6 Å². The van der Waals surface area contributed by atoms with Crippen molar-refractivity contribution in [3.8, 4) is 0 Å². The molecule has 1 rings (SSSR count). The molecule has 1 N–H and O–H groups in total. The lowest BCUT2D eigenvalue weighted by atomic mass is 10.1. The molecule has 0 saturated carbocycles. The highest BCUT2D eigenvalue weighted by Crippen LogP contribution is 2.32. The first-order valence-electron chi connectivity index (χ1n) is 4.89. The Morgan fingerprint density at radius 1 is 1.40 bits per heavy atom. The van der Waals surface area contributed by atoms with Crippen LogP contribution in [0.3, 0.4) is 0 Å².